The van der Waals surface area contributed by atoms with Crippen LogP contribution >= 0.6 is 0 Å². The summed E-state index contributed by atoms with van der Waals surface area (Å²) in [7, 11) is 0. The largest absolute Gasteiger partial charge is 0.508 e. The zero-order valence-corrected chi connectivity index (χ0v) is 15.1. The number of phenolic OH excluding ortho intramolecular Hbond substituents is 1. The third-order valence-electron chi connectivity index (χ3n) is 5.64. The molecule has 4 rings (SSSR count). The molecule has 0 bridgehead atoms. The first-order valence-electron chi connectivity index (χ1n) is 9.32. The zero-order chi connectivity index (χ0) is 18.1. The molecule has 2 atom stereocenters. The molecule has 26 heavy (non-hydrogen) atoms. The summed E-state index contributed by atoms with van der Waals surface area (Å²) >= 11 is 0. The van der Waals surface area contributed by atoms with E-state index in [1.165, 1.54) is 27.8 Å². The highest BCUT2D eigenvalue weighted by Gasteiger charge is 2.39. The van der Waals surface area contributed by atoms with Crippen molar-refractivity contribution in [3.63, 3.8) is 0 Å². The number of benzene rings is 2. The van der Waals surface area contributed by atoms with Gasteiger partial charge in [0.1, 0.15) is 11.4 Å². The fourth-order valence-electron chi connectivity index (χ4n) is 4.69. The first-order chi connectivity index (χ1) is 12.6. The van der Waals surface area contributed by atoms with Crippen LogP contribution in [0, 0.1) is 17.8 Å². The number of aryl methyl sites for hydroxylation is 1. The van der Waals surface area contributed by atoms with E-state index >= 15 is 0 Å². The van der Waals surface area contributed by atoms with Crippen molar-refractivity contribution in [1.29, 1.82) is 0 Å². The van der Waals surface area contributed by atoms with Crippen LogP contribution in [0.5, 0.6) is 5.75 Å². The van der Waals surface area contributed by atoms with Gasteiger partial charge >= 0.3 is 0 Å². The Labute approximate surface area is 155 Å². The van der Waals surface area contributed by atoms with Crippen molar-refractivity contribution in [2.24, 2.45) is 5.92 Å². The molecule has 2 aromatic rings. The van der Waals surface area contributed by atoms with Crippen molar-refractivity contribution in [3.05, 3.63) is 70.8 Å². The van der Waals surface area contributed by atoms with Crippen LogP contribution in [-0.2, 0) is 12.8 Å². The third-order valence-corrected chi connectivity index (χ3v) is 5.64. The number of aromatic hydroxyl groups is 1. The van der Waals surface area contributed by atoms with E-state index in [4.69, 9.17) is 0 Å². The van der Waals surface area contributed by atoms with Crippen LogP contribution in [0.15, 0.2) is 54.1 Å². The molecule has 2 unspecified atom stereocenters. The lowest BCUT2D eigenvalue weighted by Gasteiger charge is -2.40. The third kappa shape index (κ3) is 3.16. The molecule has 2 nitrogen and oxygen atoms in total. The SMILES string of the molecule is CC#CC1(O)CC2=C(c3ccc(O)cc3CC2)C(Cc2ccccc2)C1. The van der Waals surface area contributed by atoms with Crippen LogP contribution in [0.4, 0.5) is 0 Å². The fraction of sp³-hybridized carbons (Fsp3) is 0.333. The van der Waals surface area contributed by atoms with Gasteiger partial charge < -0.3 is 10.2 Å². The number of hydrogen-bond donors (Lipinski definition) is 2. The minimum Gasteiger partial charge on any atom is -0.508 e. The summed E-state index contributed by atoms with van der Waals surface area (Å²) in [5.41, 5.74) is 5.52. The molecule has 2 aliphatic carbocycles. The van der Waals surface area contributed by atoms with Gasteiger partial charge in [0.15, 0.2) is 0 Å². The van der Waals surface area contributed by atoms with E-state index in [1.54, 1.807) is 13.0 Å². The van der Waals surface area contributed by atoms with E-state index in [-0.39, 0.29) is 5.92 Å². The Kier molecular flexibility index (Phi) is 4.34. The van der Waals surface area contributed by atoms with Crippen LogP contribution in [0.3, 0.4) is 0 Å². The second-order valence-corrected chi connectivity index (χ2v) is 7.53. The number of allylic oxidation sites excluding steroid dienone is 1. The molecular weight excluding hydrogens is 320 g/mol. The molecule has 2 aliphatic rings. The number of phenols is 1. The lowest BCUT2D eigenvalue weighted by atomic mass is 9.66. The Morgan fingerprint density at radius 3 is 2.69 bits per heavy atom. The predicted octanol–water partition coefficient (Wildman–Crippen LogP) is 4.50. The number of hydrogen-bond acceptors (Lipinski definition) is 2. The maximum absolute atomic E-state index is 11.1. The van der Waals surface area contributed by atoms with Gasteiger partial charge in [-0.15, -0.1) is 5.92 Å². The van der Waals surface area contributed by atoms with Crippen LogP contribution in [-0.4, -0.2) is 15.8 Å². The molecule has 2 heteroatoms. The van der Waals surface area contributed by atoms with Crippen LogP contribution < -0.4 is 0 Å². The molecule has 0 amide bonds. The van der Waals surface area contributed by atoms with Gasteiger partial charge in [0, 0.05) is 6.42 Å². The summed E-state index contributed by atoms with van der Waals surface area (Å²) in [6.45, 7) is 1.80. The number of aliphatic hydroxyl groups is 1. The van der Waals surface area contributed by atoms with E-state index in [0.717, 1.165) is 19.3 Å². The average Bonchev–Trinajstić information content (AvgIpc) is 2.62. The normalized spacial score (nSPS) is 24.3. The van der Waals surface area contributed by atoms with E-state index < -0.39 is 5.60 Å². The lowest BCUT2D eigenvalue weighted by Crippen LogP contribution is -2.37. The summed E-state index contributed by atoms with van der Waals surface area (Å²) in [6.07, 6.45) is 4.03. The molecule has 0 saturated heterocycles. The van der Waals surface area contributed by atoms with E-state index in [0.29, 0.717) is 18.6 Å². The Bertz CT molecular complexity index is 914. The van der Waals surface area contributed by atoms with Gasteiger partial charge in [-0.2, -0.15) is 0 Å². The minimum atomic E-state index is -0.929. The van der Waals surface area contributed by atoms with Crippen molar-refractivity contribution in [1.82, 2.24) is 0 Å². The molecule has 0 heterocycles. The van der Waals surface area contributed by atoms with Crippen molar-refractivity contribution >= 4 is 5.57 Å². The highest BCUT2D eigenvalue weighted by atomic mass is 16.3. The molecule has 0 aromatic heterocycles. The van der Waals surface area contributed by atoms with Crippen LogP contribution in [0.2, 0.25) is 0 Å². The van der Waals surface area contributed by atoms with Crippen molar-refractivity contribution in [2.75, 3.05) is 0 Å². The molecule has 132 valence electrons. The van der Waals surface area contributed by atoms with Crippen LogP contribution in [0.1, 0.15) is 42.9 Å². The van der Waals surface area contributed by atoms with Gasteiger partial charge in [-0.05, 0) is 72.9 Å². The summed E-state index contributed by atoms with van der Waals surface area (Å²) in [6, 6.07) is 16.2. The van der Waals surface area contributed by atoms with Gasteiger partial charge in [0.2, 0.25) is 0 Å². The standard InChI is InChI=1S/C24H24O2/c1-2-12-24(26)15-19-9-8-18-14-21(25)10-11-22(18)23(19)20(16-24)13-17-6-4-3-5-7-17/h3-7,10-11,14,20,25-26H,8-9,13,15-16H2,1H3. The molecule has 0 radical (unpaired) electrons. The summed E-state index contributed by atoms with van der Waals surface area (Å²) < 4.78 is 0. The van der Waals surface area contributed by atoms with E-state index in [1.807, 2.05) is 18.2 Å². The Hall–Kier alpha value is -2.50. The topological polar surface area (TPSA) is 40.5 Å². The molecule has 0 fully saturated rings. The number of fused-ring (bicyclic) bond motifs is 2. The van der Waals surface area contributed by atoms with E-state index in [9.17, 15) is 10.2 Å². The molecule has 0 saturated carbocycles. The highest BCUT2D eigenvalue weighted by Crippen LogP contribution is 2.48. The monoisotopic (exact) mass is 344 g/mol. The predicted molar refractivity (Wildman–Crippen MR) is 105 cm³/mol. The van der Waals surface area contributed by atoms with Gasteiger partial charge in [0.05, 0.1) is 0 Å². The Morgan fingerprint density at radius 2 is 1.92 bits per heavy atom. The lowest BCUT2D eigenvalue weighted by molar-refractivity contribution is 0.0738. The number of rotatable bonds is 2. The zero-order valence-electron chi connectivity index (χ0n) is 15.1. The summed E-state index contributed by atoms with van der Waals surface area (Å²) in [5, 5.41) is 21.0. The van der Waals surface area contributed by atoms with E-state index in [2.05, 4.69) is 36.1 Å². The van der Waals surface area contributed by atoms with Gasteiger partial charge in [-0.25, -0.2) is 0 Å². The van der Waals surface area contributed by atoms with Gasteiger partial charge in [-0.1, -0.05) is 47.9 Å². The second-order valence-electron chi connectivity index (χ2n) is 7.53. The van der Waals surface area contributed by atoms with Crippen molar-refractivity contribution < 1.29 is 10.2 Å². The quantitative estimate of drug-likeness (QED) is 0.788. The highest BCUT2D eigenvalue weighted by molar-refractivity contribution is 5.77. The first kappa shape index (κ1) is 16.9. The van der Waals surface area contributed by atoms with Gasteiger partial charge in [0.25, 0.3) is 0 Å². The first-order valence-corrected chi connectivity index (χ1v) is 9.32. The summed E-state index contributed by atoms with van der Waals surface area (Å²) in [4.78, 5) is 0. The maximum Gasteiger partial charge on any atom is 0.129 e. The molecule has 2 N–H and O–H groups in total. The maximum atomic E-state index is 11.1. The Morgan fingerprint density at radius 1 is 1.12 bits per heavy atom. The Balaban J connectivity index is 1.80. The van der Waals surface area contributed by atoms with Crippen LogP contribution in [0.25, 0.3) is 5.57 Å². The van der Waals surface area contributed by atoms with Crippen molar-refractivity contribution in [3.8, 4) is 17.6 Å². The molecular formula is C24H24O2. The second kappa shape index (κ2) is 6.67. The minimum absolute atomic E-state index is 0.232. The summed E-state index contributed by atoms with van der Waals surface area (Å²) in [5.74, 6) is 6.57. The van der Waals surface area contributed by atoms with Gasteiger partial charge in [-0.3, -0.25) is 0 Å². The fourth-order valence-corrected chi connectivity index (χ4v) is 4.69. The molecule has 2 aromatic carbocycles. The van der Waals surface area contributed by atoms with Crippen molar-refractivity contribution in [2.45, 2.75) is 44.6 Å². The smallest absolute Gasteiger partial charge is 0.129 e. The average molecular weight is 344 g/mol. The molecule has 0 aliphatic heterocycles. The molecule has 0 spiro atoms.